The van der Waals surface area contributed by atoms with Gasteiger partial charge in [-0.25, -0.2) is 9.48 Å². The summed E-state index contributed by atoms with van der Waals surface area (Å²) in [6.07, 6.45) is 3.22. The Balaban J connectivity index is 1.92. The zero-order valence-corrected chi connectivity index (χ0v) is 14.5. The molecule has 0 atom stereocenters. The lowest BCUT2D eigenvalue weighted by Crippen LogP contribution is -2.05. The van der Waals surface area contributed by atoms with E-state index >= 15 is 0 Å². The molecule has 0 saturated heterocycles. The average Bonchev–Trinajstić information content (AvgIpc) is 3.14. The molecule has 3 aromatic rings. The molecule has 1 heterocycles. The number of methoxy groups -OCH3 is 1. The second kappa shape index (κ2) is 8.05. The molecule has 8 nitrogen and oxygen atoms in total. The van der Waals surface area contributed by atoms with E-state index in [9.17, 15) is 14.9 Å². The molecule has 27 heavy (non-hydrogen) atoms. The number of rotatable bonds is 6. The predicted octanol–water partition coefficient (Wildman–Crippen LogP) is 2.95. The number of hydrogen-bond donors (Lipinski definition) is 0. The molecule has 3 rings (SSSR count). The minimum atomic E-state index is -0.545. The summed E-state index contributed by atoms with van der Waals surface area (Å²) >= 11 is 0. The maximum Gasteiger partial charge on any atom is 0.340 e. The van der Waals surface area contributed by atoms with Crippen LogP contribution in [0.3, 0.4) is 0 Å². The fourth-order valence-corrected chi connectivity index (χ4v) is 2.56. The summed E-state index contributed by atoms with van der Waals surface area (Å²) in [5.41, 5.74) is 1.88. The van der Waals surface area contributed by atoms with Gasteiger partial charge in [-0.3, -0.25) is 10.1 Å². The Morgan fingerprint density at radius 1 is 1.19 bits per heavy atom. The van der Waals surface area contributed by atoms with E-state index in [1.165, 1.54) is 17.9 Å². The fraction of sp³-hybridized carbons (Fsp3) is 0.105. The number of hydrogen-bond acceptors (Lipinski definition) is 6. The first kappa shape index (κ1) is 18.0. The van der Waals surface area contributed by atoms with Crippen molar-refractivity contribution >= 4 is 23.3 Å². The predicted molar refractivity (Wildman–Crippen MR) is 98.5 cm³/mol. The molecule has 0 aliphatic heterocycles. The zero-order chi connectivity index (χ0) is 19.2. The molecule has 0 unspecified atom stereocenters. The van der Waals surface area contributed by atoms with E-state index in [-0.39, 0.29) is 17.8 Å². The number of esters is 1. The fourth-order valence-electron chi connectivity index (χ4n) is 2.56. The highest BCUT2D eigenvalue weighted by atomic mass is 16.6. The van der Waals surface area contributed by atoms with Crippen molar-refractivity contribution in [3.8, 4) is 0 Å². The monoisotopic (exact) mass is 364 g/mol. The Bertz CT molecular complexity index is 996. The SMILES string of the molecule is COC(=O)C(=Cc1ccccc1)c1cn(Cc2ccccc2[N+](=O)[O-])nn1. The number of nitro benzene ring substituents is 1. The highest BCUT2D eigenvalue weighted by Crippen LogP contribution is 2.21. The summed E-state index contributed by atoms with van der Waals surface area (Å²) < 4.78 is 6.29. The third-order valence-corrected chi connectivity index (χ3v) is 3.85. The summed E-state index contributed by atoms with van der Waals surface area (Å²) in [6.45, 7) is 0.157. The van der Waals surface area contributed by atoms with E-state index in [1.807, 2.05) is 30.3 Å². The normalized spacial score (nSPS) is 11.2. The molecule has 136 valence electrons. The van der Waals surface area contributed by atoms with Crippen molar-refractivity contribution in [1.29, 1.82) is 0 Å². The molecule has 0 fully saturated rings. The van der Waals surface area contributed by atoms with Crippen molar-refractivity contribution in [2.75, 3.05) is 7.11 Å². The minimum absolute atomic E-state index is 0.00238. The molecule has 1 aromatic heterocycles. The molecule has 0 spiro atoms. The maximum absolute atomic E-state index is 12.2. The topological polar surface area (TPSA) is 100 Å². The lowest BCUT2D eigenvalue weighted by Gasteiger charge is -2.03. The molecular formula is C19H16N4O4. The van der Waals surface area contributed by atoms with Gasteiger partial charge >= 0.3 is 5.97 Å². The summed E-state index contributed by atoms with van der Waals surface area (Å²) in [6, 6.07) is 15.7. The van der Waals surface area contributed by atoms with Gasteiger partial charge in [0.15, 0.2) is 0 Å². The van der Waals surface area contributed by atoms with Crippen molar-refractivity contribution in [2.45, 2.75) is 6.54 Å². The van der Waals surface area contributed by atoms with Gasteiger partial charge in [-0.15, -0.1) is 5.10 Å². The van der Waals surface area contributed by atoms with Gasteiger partial charge in [0.1, 0.15) is 5.69 Å². The number of ether oxygens (including phenoxy) is 1. The highest BCUT2D eigenvalue weighted by molar-refractivity contribution is 6.20. The van der Waals surface area contributed by atoms with Crippen molar-refractivity contribution in [2.24, 2.45) is 0 Å². The van der Waals surface area contributed by atoms with Crippen molar-refractivity contribution in [3.05, 3.63) is 87.7 Å². The van der Waals surface area contributed by atoms with Crippen LogP contribution in [0.25, 0.3) is 11.6 Å². The quantitative estimate of drug-likeness (QED) is 0.288. The van der Waals surface area contributed by atoms with Gasteiger partial charge in [0, 0.05) is 6.07 Å². The Hall–Kier alpha value is -3.81. The number of nitrogens with zero attached hydrogens (tertiary/aromatic N) is 4. The molecule has 0 N–H and O–H groups in total. The highest BCUT2D eigenvalue weighted by Gasteiger charge is 2.18. The molecular weight excluding hydrogens is 348 g/mol. The standard InChI is InChI=1S/C19H16N4O4/c1-27-19(24)16(11-14-7-3-2-4-8-14)17-13-22(21-20-17)12-15-9-5-6-10-18(15)23(25)26/h2-11,13H,12H2,1H3. The molecule has 0 aliphatic rings. The number of benzene rings is 2. The second-order valence-electron chi connectivity index (χ2n) is 5.65. The Labute approximate surface area is 154 Å². The van der Waals surface area contributed by atoms with Crippen LogP contribution in [0.5, 0.6) is 0 Å². The first-order valence-electron chi connectivity index (χ1n) is 8.06. The number of para-hydroxylation sites is 1. The van der Waals surface area contributed by atoms with Gasteiger partial charge in [-0.1, -0.05) is 53.7 Å². The van der Waals surface area contributed by atoms with Gasteiger partial charge < -0.3 is 4.74 Å². The third kappa shape index (κ3) is 4.24. The first-order chi connectivity index (χ1) is 13.1. The van der Waals surface area contributed by atoms with E-state index in [0.29, 0.717) is 11.3 Å². The maximum atomic E-state index is 12.2. The van der Waals surface area contributed by atoms with Gasteiger partial charge in [-0.2, -0.15) is 0 Å². The number of aromatic nitrogens is 3. The molecule has 0 saturated carbocycles. The van der Waals surface area contributed by atoms with Crippen LogP contribution < -0.4 is 0 Å². The lowest BCUT2D eigenvalue weighted by atomic mass is 10.1. The molecule has 0 amide bonds. The largest absolute Gasteiger partial charge is 0.465 e. The Kier molecular flexibility index (Phi) is 5.36. The lowest BCUT2D eigenvalue weighted by molar-refractivity contribution is -0.385. The number of nitro groups is 1. The zero-order valence-electron chi connectivity index (χ0n) is 14.5. The van der Waals surface area contributed by atoms with E-state index in [4.69, 9.17) is 4.74 Å². The van der Waals surface area contributed by atoms with Crippen LogP contribution in [0, 0.1) is 10.1 Å². The smallest absolute Gasteiger partial charge is 0.340 e. The van der Waals surface area contributed by atoms with Crippen LogP contribution in [0.4, 0.5) is 5.69 Å². The van der Waals surface area contributed by atoms with Crippen LogP contribution in [0.1, 0.15) is 16.8 Å². The van der Waals surface area contributed by atoms with Gasteiger partial charge in [-0.05, 0) is 11.6 Å². The van der Waals surface area contributed by atoms with Gasteiger partial charge in [0.05, 0.1) is 35.9 Å². The first-order valence-corrected chi connectivity index (χ1v) is 8.06. The van der Waals surface area contributed by atoms with Crippen LogP contribution in [0.15, 0.2) is 60.8 Å². The summed E-state index contributed by atoms with van der Waals surface area (Å²) in [7, 11) is 1.29. The van der Waals surface area contributed by atoms with Gasteiger partial charge in [0.2, 0.25) is 0 Å². The van der Waals surface area contributed by atoms with Gasteiger partial charge in [0.25, 0.3) is 5.69 Å². The third-order valence-electron chi connectivity index (χ3n) is 3.85. The van der Waals surface area contributed by atoms with E-state index in [2.05, 4.69) is 10.3 Å². The average molecular weight is 364 g/mol. The van der Waals surface area contributed by atoms with E-state index < -0.39 is 10.9 Å². The number of carbonyl (C=O) groups is 1. The summed E-state index contributed by atoms with van der Waals surface area (Å²) in [5.74, 6) is -0.545. The molecule has 0 radical (unpaired) electrons. The van der Waals surface area contributed by atoms with Crippen LogP contribution in [-0.2, 0) is 16.1 Å². The minimum Gasteiger partial charge on any atom is -0.465 e. The Morgan fingerprint density at radius 2 is 1.89 bits per heavy atom. The molecule has 0 aliphatic carbocycles. The van der Waals surface area contributed by atoms with Crippen LogP contribution >= 0.6 is 0 Å². The van der Waals surface area contributed by atoms with E-state index in [0.717, 1.165) is 5.56 Å². The number of carbonyl (C=O) groups excluding carboxylic acids is 1. The van der Waals surface area contributed by atoms with Crippen molar-refractivity contribution < 1.29 is 14.5 Å². The Morgan fingerprint density at radius 3 is 2.59 bits per heavy atom. The van der Waals surface area contributed by atoms with Crippen molar-refractivity contribution in [1.82, 2.24) is 15.0 Å². The molecule has 0 bridgehead atoms. The second-order valence-corrected chi connectivity index (χ2v) is 5.65. The van der Waals surface area contributed by atoms with Crippen LogP contribution in [0.2, 0.25) is 0 Å². The molecule has 8 heteroatoms. The molecule has 2 aromatic carbocycles. The van der Waals surface area contributed by atoms with Crippen LogP contribution in [-0.4, -0.2) is 33.0 Å². The van der Waals surface area contributed by atoms with Crippen molar-refractivity contribution in [3.63, 3.8) is 0 Å². The van der Waals surface area contributed by atoms with E-state index in [1.54, 1.807) is 30.5 Å². The summed E-state index contributed by atoms with van der Waals surface area (Å²) in [4.78, 5) is 22.9. The summed E-state index contributed by atoms with van der Waals surface area (Å²) in [5, 5.41) is 19.2.